The number of nitrogens with one attached hydrogen (secondary N) is 1. The zero-order chi connectivity index (χ0) is 14.8. The summed E-state index contributed by atoms with van der Waals surface area (Å²) in [7, 11) is 0. The highest BCUT2D eigenvalue weighted by molar-refractivity contribution is 5.93. The van der Waals surface area contributed by atoms with E-state index in [9.17, 15) is 9.90 Å². The Morgan fingerprint density at radius 3 is 2.75 bits per heavy atom. The van der Waals surface area contributed by atoms with Gasteiger partial charge in [0.05, 0.1) is 11.8 Å². The Bertz CT molecular complexity index is 615. The van der Waals surface area contributed by atoms with E-state index in [1.165, 1.54) is 0 Å². The quantitative estimate of drug-likeness (QED) is 0.876. The largest absolute Gasteiger partial charge is 0.388 e. The van der Waals surface area contributed by atoms with Gasteiger partial charge in [0.25, 0.3) is 5.91 Å². The average molecular weight is 275 g/mol. The number of amides is 1. The molecule has 2 aromatic heterocycles. The van der Waals surface area contributed by atoms with E-state index in [-0.39, 0.29) is 12.5 Å². The number of fused-ring (bicyclic) bond motifs is 1. The Labute approximate surface area is 118 Å². The molecule has 108 valence electrons. The third kappa shape index (κ3) is 2.82. The molecule has 2 heterocycles. The van der Waals surface area contributed by atoms with Crippen LogP contribution < -0.4 is 5.32 Å². The number of aliphatic hydroxyl groups is 1. The molecule has 5 nitrogen and oxygen atoms in total. The van der Waals surface area contributed by atoms with Crippen molar-refractivity contribution in [1.82, 2.24) is 14.7 Å². The van der Waals surface area contributed by atoms with Crippen LogP contribution in [0.5, 0.6) is 0 Å². The molecular weight excluding hydrogens is 254 g/mol. The fraction of sp³-hybridized carbons (Fsp3) is 0.467. The number of pyridine rings is 1. The van der Waals surface area contributed by atoms with E-state index in [0.717, 1.165) is 11.2 Å². The summed E-state index contributed by atoms with van der Waals surface area (Å²) in [5, 5.41) is 13.0. The van der Waals surface area contributed by atoms with Gasteiger partial charge in [0.1, 0.15) is 11.3 Å². The van der Waals surface area contributed by atoms with Crippen LogP contribution in [0.25, 0.3) is 5.65 Å². The van der Waals surface area contributed by atoms with E-state index >= 15 is 0 Å². The van der Waals surface area contributed by atoms with Crippen LogP contribution in [0.2, 0.25) is 0 Å². The lowest BCUT2D eigenvalue weighted by Crippen LogP contribution is -2.42. The molecule has 0 fully saturated rings. The SMILES string of the molecule is CCC(O)(CC)CNC(=O)c1cnc2ccc(C)cn12. The van der Waals surface area contributed by atoms with Gasteiger partial charge < -0.3 is 10.4 Å². The molecule has 0 unspecified atom stereocenters. The molecule has 0 aliphatic carbocycles. The zero-order valence-electron chi connectivity index (χ0n) is 12.2. The summed E-state index contributed by atoms with van der Waals surface area (Å²) in [6.45, 7) is 6.03. The molecule has 5 heteroatoms. The van der Waals surface area contributed by atoms with Crippen molar-refractivity contribution < 1.29 is 9.90 Å². The van der Waals surface area contributed by atoms with E-state index in [1.54, 1.807) is 10.6 Å². The summed E-state index contributed by atoms with van der Waals surface area (Å²) in [4.78, 5) is 16.4. The molecule has 0 aliphatic heterocycles. The van der Waals surface area contributed by atoms with E-state index in [1.807, 2.05) is 39.1 Å². The van der Waals surface area contributed by atoms with Crippen LogP contribution in [0.15, 0.2) is 24.5 Å². The molecule has 0 atom stereocenters. The highest BCUT2D eigenvalue weighted by atomic mass is 16.3. The van der Waals surface area contributed by atoms with Crippen molar-refractivity contribution in [2.75, 3.05) is 6.54 Å². The Balaban J connectivity index is 2.18. The molecule has 2 N–H and O–H groups in total. The third-order valence-electron chi connectivity index (χ3n) is 3.78. The van der Waals surface area contributed by atoms with Crippen LogP contribution in [0, 0.1) is 6.92 Å². The fourth-order valence-corrected chi connectivity index (χ4v) is 2.09. The average Bonchev–Trinajstić information content (AvgIpc) is 2.87. The van der Waals surface area contributed by atoms with Crippen molar-refractivity contribution in [3.63, 3.8) is 0 Å². The number of carbonyl (C=O) groups is 1. The lowest BCUT2D eigenvalue weighted by molar-refractivity contribution is 0.0313. The van der Waals surface area contributed by atoms with Gasteiger partial charge in [-0.1, -0.05) is 19.9 Å². The van der Waals surface area contributed by atoms with Crippen LogP contribution in [0.4, 0.5) is 0 Å². The van der Waals surface area contributed by atoms with E-state index < -0.39 is 5.60 Å². The Morgan fingerprint density at radius 2 is 2.10 bits per heavy atom. The second-order valence-corrected chi connectivity index (χ2v) is 5.19. The predicted molar refractivity (Wildman–Crippen MR) is 77.8 cm³/mol. The van der Waals surface area contributed by atoms with Crippen LogP contribution in [-0.2, 0) is 0 Å². The Morgan fingerprint density at radius 1 is 1.40 bits per heavy atom. The zero-order valence-corrected chi connectivity index (χ0v) is 12.2. The monoisotopic (exact) mass is 275 g/mol. The van der Waals surface area contributed by atoms with E-state index in [2.05, 4.69) is 10.3 Å². The topological polar surface area (TPSA) is 66.6 Å². The van der Waals surface area contributed by atoms with Gasteiger partial charge in [0.2, 0.25) is 0 Å². The van der Waals surface area contributed by atoms with Gasteiger partial charge in [0.15, 0.2) is 0 Å². The Kier molecular flexibility index (Phi) is 4.09. The molecule has 0 aliphatic rings. The van der Waals surface area contributed by atoms with Crippen molar-refractivity contribution in [2.45, 2.75) is 39.2 Å². The van der Waals surface area contributed by atoms with E-state index in [4.69, 9.17) is 0 Å². The number of carbonyl (C=O) groups excluding carboxylic acids is 1. The minimum atomic E-state index is -0.841. The summed E-state index contributed by atoms with van der Waals surface area (Å²) in [5.74, 6) is -0.219. The van der Waals surface area contributed by atoms with Gasteiger partial charge in [-0.2, -0.15) is 0 Å². The molecule has 0 saturated carbocycles. The molecule has 2 aromatic rings. The van der Waals surface area contributed by atoms with Gasteiger partial charge in [-0.25, -0.2) is 4.98 Å². The first kappa shape index (κ1) is 14.5. The van der Waals surface area contributed by atoms with Crippen LogP contribution in [-0.4, -0.2) is 32.5 Å². The Hall–Kier alpha value is -1.88. The van der Waals surface area contributed by atoms with Crippen molar-refractivity contribution >= 4 is 11.6 Å². The highest BCUT2D eigenvalue weighted by Gasteiger charge is 2.23. The van der Waals surface area contributed by atoms with Crippen molar-refractivity contribution in [3.8, 4) is 0 Å². The standard InChI is InChI=1S/C15H21N3O2/c1-4-15(20,5-2)10-17-14(19)12-8-16-13-7-6-11(3)9-18(12)13/h6-9,20H,4-5,10H2,1-3H3,(H,17,19). The number of hydrogen-bond donors (Lipinski definition) is 2. The van der Waals surface area contributed by atoms with Gasteiger partial charge in [-0.15, -0.1) is 0 Å². The summed E-state index contributed by atoms with van der Waals surface area (Å²) in [5.41, 5.74) is 1.44. The first-order chi connectivity index (χ1) is 9.49. The molecule has 2 rings (SSSR count). The van der Waals surface area contributed by atoms with Gasteiger partial charge in [0, 0.05) is 12.7 Å². The normalized spacial score (nSPS) is 11.8. The molecule has 0 radical (unpaired) electrons. The maximum absolute atomic E-state index is 12.2. The summed E-state index contributed by atoms with van der Waals surface area (Å²) in [6.07, 6.45) is 4.65. The molecule has 0 spiro atoms. The van der Waals surface area contributed by atoms with Crippen LogP contribution in [0.1, 0.15) is 42.7 Å². The van der Waals surface area contributed by atoms with Crippen molar-refractivity contribution in [1.29, 1.82) is 0 Å². The van der Waals surface area contributed by atoms with Gasteiger partial charge >= 0.3 is 0 Å². The number of nitrogens with zero attached hydrogens (tertiary/aromatic N) is 2. The summed E-state index contributed by atoms with van der Waals surface area (Å²) >= 11 is 0. The number of aryl methyl sites for hydroxylation is 1. The van der Waals surface area contributed by atoms with E-state index in [0.29, 0.717) is 18.5 Å². The van der Waals surface area contributed by atoms with Crippen LogP contribution in [0.3, 0.4) is 0 Å². The first-order valence-electron chi connectivity index (χ1n) is 6.93. The smallest absolute Gasteiger partial charge is 0.270 e. The maximum atomic E-state index is 12.2. The second-order valence-electron chi connectivity index (χ2n) is 5.19. The molecule has 0 aromatic carbocycles. The number of aromatic nitrogens is 2. The molecule has 0 bridgehead atoms. The van der Waals surface area contributed by atoms with Crippen molar-refractivity contribution in [3.05, 3.63) is 35.8 Å². The third-order valence-corrected chi connectivity index (χ3v) is 3.78. The van der Waals surface area contributed by atoms with Crippen LogP contribution >= 0.6 is 0 Å². The summed E-state index contributed by atoms with van der Waals surface area (Å²) < 4.78 is 1.77. The first-order valence-corrected chi connectivity index (χ1v) is 6.93. The van der Waals surface area contributed by atoms with Gasteiger partial charge in [-0.3, -0.25) is 9.20 Å². The second kappa shape index (κ2) is 5.63. The van der Waals surface area contributed by atoms with Crippen molar-refractivity contribution in [2.24, 2.45) is 0 Å². The fourth-order valence-electron chi connectivity index (χ4n) is 2.09. The lowest BCUT2D eigenvalue weighted by Gasteiger charge is -2.25. The number of imidazole rings is 1. The maximum Gasteiger partial charge on any atom is 0.270 e. The molecule has 1 amide bonds. The molecular formula is C15H21N3O2. The molecule has 0 saturated heterocycles. The number of rotatable bonds is 5. The molecule has 20 heavy (non-hydrogen) atoms. The minimum absolute atomic E-state index is 0.219. The summed E-state index contributed by atoms with van der Waals surface area (Å²) in [6, 6.07) is 3.83. The lowest BCUT2D eigenvalue weighted by atomic mass is 9.97. The predicted octanol–water partition coefficient (Wildman–Crippen LogP) is 1.92. The van der Waals surface area contributed by atoms with Gasteiger partial charge in [-0.05, 0) is 31.4 Å². The highest BCUT2D eigenvalue weighted by Crippen LogP contribution is 2.14. The number of hydrogen-bond acceptors (Lipinski definition) is 3. The minimum Gasteiger partial charge on any atom is -0.388 e.